The molecule has 42 heavy (non-hydrogen) atoms. The lowest BCUT2D eigenvalue weighted by Gasteiger charge is -2.07. The van der Waals surface area contributed by atoms with Gasteiger partial charge in [0.15, 0.2) is 0 Å². The van der Waals surface area contributed by atoms with E-state index in [9.17, 15) is 4.79 Å². The third-order valence-corrected chi connectivity index (χ3v) is 9.54. The number of rotatable bonds is 36. The van der Waals surface area contributed by atoms with Crippen LogP contribution in [-0.4, -0.2) is 12.6 Å². The molecule has 0 radical (unpaired) electrons. The van der Waals surface area contributed by atoms with Crippen LogP contribution in [0.5, 0.6) is 0 Å². The van der Waals surface area contributed by atoms with Gasteiger partial charge in [-0.25, -0.2) is 0 Å². The molecule has 0 saturated heterocycles. The Balaban J connectivity index is 3.14. The van der Waals surface area contributed by atoms with Crippen molar-refractivity contribution >= 4 is 5.97 Å². The summed E-state index contributed by atoms with van der Waals surface area (Å²) in [5.41, 5.74) is 0. The predicted molar refractivity (Wildman–Crippen MR) is 188 cm³/mol. The summed E-state index contributed by atoms with van der Waals surface area (Å²) < 4.78 is 5.45. The van der Waals surface area contributed by atoms with Crippen molar-refractivity contribution < 1.29 is 9.53 Å². The van der Waals surface area contributed by atoms with Gasteiger partial charge in [0.25, 0.3) is 0 Å². The minimum Gasteiger partial charge on any atom is -0.466 e. The molecule has 1 unspecified atom stereocenters. The maximum absolute atomic E-state index is 11.9. The quantitative estimate of drug-likeness (QED) is 0.0534. The fourth-order valence-corrected chi connectivity index (χ4v) is 6.17. The number of ether oxygens (including phenoxy) is 1. The Morgan fingerprint density at radius 3 is 1.10 bits per heavy atom. The first-order valence-corrected chi connectivity index (χ1v) is 19.9. The van der Waals surface area contributed by atoms with Gasteiger partial charge in [0, 0.05) is 6.42 Å². The van der Waals surface area contributed by atoms with Gasteiger partial charge in [0.1, 0.15) is 0 Å². The van der Waals surface area contributed by atoms with E-state index < -0.39 is 0 Å². The molecule has 0 N–H and O–H groups in total. The van der Waals surface area contributed by atoms with Crippen LogP contribution in [0, 0.1) is 5.92 Å². The van der Waals surface area contributed by atoms with E-state index in [1.807, 2.05) is 0 Å². The molecular formula is C40H80O2. The van der Waals surface area contributed by atoms with Gasteiger partial charge in [-0.1, -0.05) is 220 Å². The Morgan fingerprint density at radius 1 is 0.429 bits per heavy atom. The first-order valence-electron chi connectivity index (χ1n) is 19.9. The van der Waals surface area contributed by atoms with Crippen molar-refractivity contribution in [3.05, 3.63) is 0 Å². The summed E-state index contributed by atoms with van der Waals surface area (Å²) in [6.07, 6.45) is 46.1. The molecule has 1 atom stereocenters. The highest BCUT2D eigenvalue weighted by molar-refractivity contribution is 5.69. The van der Waals surface area contributed by atoms with Crippen LogP contribution in [0.25, 0.3) is 0 Å². The molecule has 0 heterocycles. The molecule has 0 aromatic carbocycles. The number of esters is 1. The molecule has 0 aliphatic heterocycles. The SMILES string of the molecule is CCCCCCCCCCCCCCCCCCCCCCCCCOC(=O)CCCCCCCCCCC(C)CC. The summed E-state index contributed by atoms with van der Waals surface area (Å²) in [7, 11) is 0. The fourth-order valence-electron chi connectivity index (χ4n) is 6.17. The molecule has 2 nitrogen and oxygen atoms in total. The van der Waals surface area contributed by atoms with Crippen LogP contribution in [0.1, 0.15) is 239 Å². The zero-order valence-corrected chi connectivity index (χ0v) is 29.6. The molecule has 0 rings (SSSR count). The standard InChI is InChI=1S/C40H80O2/c1-4-6-7-8-9-10-11-12-13-14-15-16-17-18-19-20-21-22-23-26-29-32-35-38-42-40(41)37-34-31-28-25-24-27-30-33-36-39(3)5-2/h39H,4-38H2,1-3H3. The van der Waals surface area contributed by atoms with Crippen LogP contribution in [0.15, 0.2) is 0 Å². The Labute approximate surface area is 266 Å². The summed E-state index contributed by atoms with van der Waals surface area (Å²) in [6.45, 7) is 7.60. The number of carbonyl (C=O) groups is 1. The van der Waals surface area contributed by atoms with Crippen molar-refractivity contribution in [3.63, 3.8) is 0 Å². The Bertz CT molecular complexity index is 502. The summed E-state index contributed by atoms with van der Waals surface area (Å²) in [4.78, 5) is 11.9. The number of hydrogen-bond donors (Lipinski definition) is 0. The first-order chi connectivity index (χ1) is 20.7. The predicted octanol–water partition coefficient (Wildman–Crippen LogP) is 14.5. The Kier molecular flexibility index (Phi) is 36.2. The highest BCUT2D eigenvalue weighted by atomic mass is 16.5. The largest absolute Gasteiger partial charge is 0.466 e. The van der Waals surface area contributed by atoms with Crippen molar-refractivity contribution in [2.45, 2.75) is 239 Å². The molecule has 0 amide bonds. The van der Waals surface area contributed by atoms with Crippen molar-refractivity contribution in [2.75, 3.05) is 6.61 Å². The zero-order chi connectivity index (χ0) is 30.6. The second kappa shape index (κ2) is 36.7. The van der Waals surface area contributed by atoms with Crippen molar-refractivity contribution in [1.29, 1.82) is 0 Å². The topological polar surface area (TPSA) is 26.3 Å². The van der Waals surface area contributed by atoms with Gasteiger partial charge in [0.2, 0.25) is 0 Å². The maximum Gasteiger partial charge on any atom is 0.305 e. The van der Waals surface area contributed by atoms with Gasteiger partial charge in [-0.15, -0.1) is 0 Å². The normalized spacial score (nSPS) is 12.2. The number of unbranched alkanes of at least 4 members (excludes halogenated alkanes) is 29. The lowest BCUT2D eigenvalue weighted by molar-refractivity contribution is -0.143. The number of hydrogen-bond acceptors (Lipinski definition) is 2. The molecule has 0 aliphatic rings. The van der Waals surface area contributed by atoms with Crippen LogP contribution in [0.3, 0.4) is 0 Å². The Hall–Kier alpha value is -0.530. The summed E-state index contributed by atoms with van der Waals surface area (Å²) in [6, 6.07) is 0. The smallest absolute Gasteiger partial charge is 0.305 e. The Morgan fingerprint density at radius 2 is 0.738 bits per heavy atom. The maximum atomic E-state index is 11.9. The van der Waals surface area contributed by atoms with Crippen LogP contribution in [0.2, 0.25) is 0 Å². The molecule has 0 bridgehead atoms. The van der Waals surface area contributed by atoms with Crippen molar-refractivity contribution in [2.24, 2.45) is 5.92 Å². The molecule has 252 valence electrons. The van der Waals surface area contributed by atoms with E-state index in [-0.39, 0.29) is 5.97 Å². The van der Waals surface area contributed by atoms with Crippen molar-refractivity contribution in [3.8, 4) is 0 Å². The van der Waals surface area contributed by atoms with Gasteiger partial charge < -0.3 is 4.74 Å². The third-order valence-electron chi connectivity index (χ3n) is 9.54. The van der Waals surface area contributed by atoms with Gasteiger partial charge in [-0.2, -0.15) is 0 Å². The van der Waals surface area contributed by atoms with E-state index in [0.717, 1.165) is 18.8 Å². The summed E-state index contributed by atoms with van der Waals surface area (Å²) in [5, 5.41) is 0. The van der Waals surface area contributed by atoms with Crippen LogP contribution >= 0.6 is 0 Å². The van der Waals surface area contributed by atoms with Crippen LogP contribution in [-0.2, 0) is 9.53 Å². The highest BCUT2D eigenvalue weighted by Gasteiger charge is 2.03. The molecule has 2 heteroatoms. The van der Waals surface area contributed by atoms with Gasteiger partial charge in [-0.3, -0.25) is 4.79 Å². The van der Waals surface area contributed by atoms with Gasteiger partial charge in [0.05, 0.1) is 6.61 Å². The monoisotopic (exact) mass is 593 g/mol. The second-order valence-corrected chi connectivity index (χ2v) is 13.9. The van der Waals surface area contributed by atoms with E-state index >= 15 is 0 Å². The average Bonchev–Trinajstić information content (AvgIpc) is 3.00. The summed E-state index contributed by atoms with van der Waals surface area (Å²) >= 11 is 0. The van der Waals surface area contributed by atoms with Crippen LogP contribution in [0.4, 0.5) is 0 Å². The van der Waals surface area contributed by atoms with E-state index in [0.29, 0.717) is 13.0 Å². The van der Waals surface area contributed by atoms with Gasteiger partial charge in [-0.05, 0) is 18.8 Å². The molecule has 0 aliphatic carbocycles. The minimum atomic E-state index is 0.0267. The molecule has 0 fully saturated rings. The second-order valence-electron chi connectivity index (χ2n) is 13.9. The van der Waals surface area contributed by atoms with E-state index in [2.05, 4.69) is 20.8 Å². The molecule has 0 spiro atoms. The fraction of sp³-hybridized carbons (Fsp3) is 0.975. The van der Waals surface area contributed by atoms with Gasteiger partial charge >= 0.3 is 5.97 Å². The molecular weight excluding hydrogens is 512 g/mol. The minimum absolute atomic E-state index is 0.0267. The highest BCUT2D eigenvalue weighted by Crippen LogP contribution is 2.17. The van der Waals surface area contributed by atoms with Crippen molar-refractivity contribution in [1.82, 2.24) is 0 Å². The molecule has 0 aromatic heterocycles. The lowest BCUT2D eigenvalue weighted by Crippen LogP contribution is -2.05. The molecule has 0 aromatic rings. The van der Waals surface area contributed by atoms with E-state index in [1.54, 1.807) is 0 Å². The average molecular weight is 593 g/mol. The third kappa shape index (κ3) is 35.7. The summed E-state index contributed by atoms with van der Waals surface area (Å²) in [5.74, 6) is 0.928. The lowest BCUT2D eigenvalue weighted by atomic mass is 9.99. The van der Waals surface area contributed by atoms with E-state index in [4.69, 9.17) is 4.74 Å². The zero-order valence-electron chi connectivity index (χ0n) is 29.6. The number of carbonyl (C=O) groups excluding carboxylic acids is 1. The van der Waals surface area contributed by atoms with E-state index in [1.165, 1.54) is 199 Å². The first kappa shape index (κ1) is 41.5. The molecule has 0 saturated carbocycles. The van der Waals surface area contributed by atoms with Crippen LogP contribution < -0.4 is 0 Å².